The van der Waals surface area contributed by atoms with Crippen LogP contribution < -0.4 is 19.1 Å². The fraction of sp³-hybridized carbons (Fsp3) is 0.264. The molecule has 5 heterocycles. The van der Waals surface area contributed by atoms with E-state index in [2.05, 4.69) is 174 Å². The Bertz CT molecular complexity index is 4280. The van der Waals surface area contributed by atoms with Gasteiger partial charge in [-0.05, 0) is 132 Å². The minimum atomic E-state index is -3.42. The van der Waals surface area contributed by atoms with Crippen molar-refractivity contribution in [2.24, 2.45) is 0 Å². The number of rotatable bonds is 5. The molecule has 8 aromatic carbocycles. The molecule has 378 valence electrons. The molecule has 0 N–H and O–H groups in total. The van der Waals surface area contributed by atoms with E-state index in [-0.39, 0.29) is 22.0 Å². The zero-order chi connectivity index (χ0) is 63.0. The van der Waals surface area contributed by atoms with E-state index < -0.39 is 50.3 Å². The molecule has 9 aromatic rings. The van der Waals surface area contributed by atoms with Gasteiger partial charge in [0.1, 0.15) is 17.5 Å². The normalized spacial score (nSPS) is 20.0. The molecule has 0 radical (unpaired) electrons. The number of nitrogens with zero attached hydrogens (tertiary/aromatic N) is 3. The van der Waals surface area contributed by atoms with Crippen LogP contribution in [-0.2, 0) is 27.5 Å². The van der Waals surface area contributed by atoms with Crippen molar-refractivity contribution >= 4 is 17.1 Å². The molecule has 0 saturated carbocycles. The number of aromatic nitrogens is 1. The quantitative estimate of drug-likeness (QED) is 0.160. The van der Waals surface area contributed by atoms with Crippen LogP contribution in [0.15, 0.2) is 182 Å². The van der Waals surface area contributed by atoms with Gasteiger partial charge in [-0.15, -0.1) is 4.57 Å². The molecule has 1 aromatic heterocycles. The van der Waals surface area contributed by atoms with E-state index in [0.29, 0.717) is 22.6 Å². The van der Waals surface area contributed by atoms with Crippen LogP contribution in [-0.4, -0.2) is 0 Å². The number of aryl methyl sites for hydroxylation is 1. The first-order valence-electron chi connectivity index (χ1n) is 32.4. The van der Waals surface area contributed by atoms with Gasteiger partial charge in [-0.25, -0.2) is 4.90 Å². The fourth-order valence-electron chi connectivity index (χ4n) is 12.5. The van der Waals surface area contributed by atoms with Crippen molar-refractivity contribution < 1.29 is 25.8 Å². The summed E-state index contributed by atoms with van der Waals surface area (Å²) in [7, 11) is 0. The van der Waals surface area contributed by atoms with Crippen molar-refractivity contribution in [2.75, 3.05) is 9.80 Å². The molecule has 4 heteroatoms. The first kappa shape index (κ1) is 36.3. The van der Waals surface area contributed by atoms with Crippen LogP contribution in [0.3, 0.4) is 0 Å². The molecule has 0 aliphatic carbocycles. The van der Waals surface area contributed by atoms with Gasteiger partial charge in [0.2, 0.25) is 5.69 Å². The molecule has 0 bridgehead atoms. The van der Waals surface area contributed by atoms with Gasteiger partial charge < -0.3 is 9.64 Å². The third kappa shape index (κ3) is 7.12. The monoisotopic (exact) mass is 1000 g/mol. The van der Waals surface area contributed by atoms with Crippen molar-refractivity contribution in [2.45, 2.75) is 123 Å². The number of anilines is 3. The standard InChI is InChI=1S/C72H70N3O/c1-44-38-49(63-53(47-24-18-15-19-25-47)26-20-28-58(63)70(8,9)10)32-35-60(44)74-61-29-21-27-54-55-39-50(45-22-16-14-17-23-45)40-56-62-41-48(46-30-33-51(34-31-46)68(2,3)4)36-37-73(62)72(64(55)56)75(65(54)61)67(74)57-42-52(69(5,6)7)43-59(66(57)76-72)71(11,12)13/h14-43,67H,1-13H3/q+1/i1D3,2D3,3D3,4D3. The summed E-state index contributed by atoms with van der Waals surface area (Å²) in [6.07, 6.45) is 1.30. The predicted octanol–water partition coefficient (Wildman–Crippen LogP) is 18.5. The smallest absolute Gasteiger partial charge is 0.410 e. The molecule has 1 spiro atoms. The molecule has 0 fully saturated rings. The van der Waals surface area contributed by atoms with Crippen molar-refractivity contribution in [3.05, 3.63) is 221 Å². The average molecular weight is 1010 g/mol. The molecule has 4 aliphatic heterocycles. The molecule has 4 nitrogen and oxygen atoms in total. The highest BCUT2D eigenvalue weighted by molar-refractivity contribution is 6.03. The number of ether oxygens (including phenoxy) is 1. The molecule has 0 amide bonds. The first-order chi connectivity index (χ1) is 41.1. The summed E-state index contributed by atoms with van der Waals surface area (Å²) in [6, 6.07) is 58.0. The zero-order valence-electron chi connectivity index (χ0n) is 56.6. The summed E-state index contributed by atoms with van der Waals surface area (Å²) in [5.41, 5.74) is 13.3. The summed E-state index contributed by atoms with van der Waals surface area (Å²) < 4.78 is 115. The van der Waals surface area contributed by atoms with Crippen LogP contribution in [0, 0.1) is 6.85 Å². The van der Waals surface area contributed by atoms with Gasteiger partial charge in [0.15, 0.2) is 6.20 Å². The number of pyridine rings is 1. The van der Waals surface area contributed by atoms with E-state index in [1.165, 1.54) is 12.1 Å². The summed E-state index contributed by atoms with van der Waals surface area (Å²) in [6.45, 7) is 6.94. The van der Waals surface area contributed by atoms with Crippen LogP contribution in [0.1, 0.15) is 144 Å². The summed E-state index contributed by atoms with van der Waals surface area (Å²) >= 11 is 0. The van der Waals surface area contributed by atoms with E-state index in [1.807, 2.05) is 60.8 Å². The SMILES string of the molecule is [2H]C([2H])([2H])c1cc(-c2c(-c3ccccc3)cccc2C(C)(C)C)ccc1N1c2cccc3c2N2C1c1cc(C(C)(C)C)cc(C(C)(C)C)c1OC21c2c-3cc(-c3ccccc3)cc2-c2cc(-c3ccc(C(C([2H])([2H])[2H])(C([2H])([2H])[2H])C([2H])([2H])[2H])cc3)cc[n+]21. The fourth-order valence-corrected chi connectivity index (χ4v) is 12.5. The van der Waals surface area contributed by atoms with Gasteiger partial charge in [0.25, 0.3) is 0 Å². The number of benzene rings is 8. The van der Waals surface area contributed by atoms with Crippen LogP contribution in [0.4, 0.5) is 17.1 Å². The third-order valence-electron chi connectivity index (χ3n) is 16.2. The maximum Gasteiger partial charge on any atom is 0.432 e. The second-order valence-electron chi connectivity index (χ2n) is 24.3. The number of fused-ring (bicyclic) bond motifs is 5. The summed E-state index contributed by atoms with van der Waals surface area (Å²) in [4.78, 5) is 4.62. The summed E-state index contributed by atoms with van der Waals surface area (Å²) in [5.74, 6) is -0.766. The number of para-hydroxylation sites is 1. The maximum absolute atomic E-state index is 9.61. The number of hydrogen-bond acceptors (Lipinski definition) is 3. The van der Waals surface area contributed by atoms with Gasteiger partial charge in [-0.3, -0.25) is 0 Å². The molecule has 0 saturated heterocycles. The van der Waals surface area contributed by atoms with Crippen LogP contribution in [0.25, 0.3) is 66.9 Å². The molecule has 2 unspecified atom stereocenters. The molecule has 4 aliphatic rings. The second-order valence-corrected chi connectivity index (χ2v) is 24.3. The van der Waals surface area contributed by atoms with E-state index in [1.54, 1.807) is 12.1 Å². The van der Waals surface area contributed by atoms with E-state index >= 15 is 0 Å². The molecule has 13 rings (SSSR count). The Morgan fingerprint density at radius 3 is 1.83 bits per heavy atom. The van der Waals surface area contributed by atoms with Crippen molar-refractivity contribution in [3.8, 4) is 72.6 Å². The van der Waals surface area contributed by atoms with Crippen molar-refractivity contribution in [3.63, 3.8) is 0 Å². The minimum absolute atomic E-state index is 0.198. The van der Waals surface area contributed by atoms with Crippen LogP contribution in [0.5, 0.6) is 5.75 Å². The van der Waals surface area contributed by atoms with E-state index in [4.69, 9.17) is 17.1 Å². The van der Waals surface area contributed by atoms with Gasteiger partial charge in [0, 0.05) is 56.5 Å². The Morgan fingerprint density at radius 1 is 0.487 bits per heavy atom. The van der Waals surface area contributed by atoms with E-state index in [9.17, 15) is 4.11 Å². The second kappa shape index (κ2) is 16.4. The van der Waals surface area contributed by atoms with Crippen LogP contribution >= 0.6 is 0 Å². The van der Waals surface area contributed by atoms with Gasteiger partial charge in [-0.1, -0.05) is 210 Å². The van der Waals surface area contributed by atoms with Gasteiger partial charge in [0.05, 0.1) is 16.9 Å². The van der Waals surface area contributed by atoms with E-state index in [0.717, 1.165) is 95.0 Å². The highest BCUT2D eigenvalue weighted by Gasteiger charge is 2.70. The maximum atomic E-state index is 9.61. The lowest BCUT2D eigenvalue weighted by molar-refractivity contribution is -0.774. The third-order valence-corrected chi connectivity index (χ3v) is 16.2. The average Bonchev–Trinajstić information content (AvgIpc) is 1.46. The lowest BCUT2D eigenvalue weighted by atomic mass is 9.77. The first-order valence-corrected chi connectivity index (χ1v) is 26.4. The highest BCUT2D eigenvalue weighted by Crippen LogP contribution is 2.68. The zero-order valence-corrected chi connectivity index (χ0v) is 44.6. The minimum Gasteiger partial charge on any atom is -0.410 e. The van der Waals surface area contributed by atoms with Gasteiger partial charge >= 0.3 is 5.85 Å². The lowest BCUT2D eigenvalue weighted by Gasteiger charge is -2.49. The Balaban J connectivity index is 1.11. The summed E-state index contributed by atoms with van der Waals surface area (Å²) in [5, 5.41) is 0. The van der Waals surface area contributed by atoms with Gasteiger partial charge in [-0.2, -0.15) is 0 Å². The topological polar surface area (TPSA) is 19.6 Å². The highest BCUT2D eigenvalue weighted by atomic mass is 16.5. The molecule has 76 heavy (non-hydrogen) atoms. The van der Waals surface area contributed by atoms with Crippen molar-refractivity contribution in [1.82, 2.24) is 0 Å². The lowest BCUT2D eigenvalue weighted by Crippen LogP contribution is -2.71. The van der Waals surface area contributed by atoms with Crippen molar-refractivity contribution in [1.29, 1.82) is 0 Å². The molecule has 2 atom stereocenters. The Morgan fingerprint density at radius 2 is 1.14 bits per heavy atom. The Kier molecular flexibility index (Phi) is 7.84. The Hall–Kier alpha value is -7.69. The molecular formula is C72H70N3O+. The largest absolute Gasteiger partial charge is 0.432 e. The molecular weight excluding hydrogens is 923 g/mol. The number of hydrogen-bond donors (Lipinski definition) is 0. The Labute approximate surface area is 468 Å². The predicted molar refractivity (Wildman–Crippen MR) is 317 cm³/mol. The van der Waals surface area contributed by atoms with Crippen LogP contribution in [0.2, 0.25) is 0 Å².